The number of fused-ring (bicyclic) bond motifs is 1. The lowest BCUT2D eigenvalue weighted by atomic mass is 10.1. The Bertz CT molecular complexity index is 954. The van der Waals surface area contributed by atoms with Crippen molar-refractivity contribution in [3.8, 4) is 22.8 Å². The molecular weight excluding hydrogens is 378 g/mol. The summed E-state index contributed by atoms with van der Waals surface area (Å²) in [6, 6.07) is 15.3. The monoisotopic (exact) mass is 405 g/mol. The van der Waals surface area contributed by atoms with Gasteiger partial charge in [0.15, 0.2) is 0 Å². The number of aryl methyl sites for hydroxylation is 2. The molecule has 0 spiro atoms. The van der Waals surface area contributed by atoms with E-state index in [4.69, 9.17) is 14.5 Å². The third-order valence-corrected chi connectivity index (χ3v) is 5.25. The minimum atomic E-state index is -0.0152. The number of hydrogen-bond acceptors (Lipinski definition) is 4. The number of anilines is 1. The number of aromatic nitrogens is 2. The Morgan fingerprint density at radius 2 is 1.83 bits per heavy atom. The molecule has 0 aliphatic carbocycles. The van der Waals surface area contributed by atoms with Crippen LogP contribution in [0.15, 0.2) is 54.7 Å². The van der Waals surface area contributed by atoms with Gasteiger partial charge in [0.1, 0.15) is 17.3 Å². The predicted octanol–water partition coefficient (Wildman–Crippen LogP) is 4.69. The van der Waals surface area contributed by atoms with Crippen LogP contribution in [-0.2, 0) is 17.8 Å². The number of imidazole rings is 1. The molecule has 0 saturated heterocycles. The maximum atomic E-state index is 12.2. The van der Waals surface area contributed by atoms with Crippen LogP contribution in [0.3, 0.4) is 0 Å². The van der Waals surface area contributed by atoms with Crippen LogP contribution in [0.25, 0.3) is 11.3 Å². The largest absolute Gasteiger partial charge is 0.497 e. The van der Waals surface area contributed by atoms with Gasteiger partial charge in [0.25, 0.3) is 0 Å². The van der Waals surface area contributed by atoms with Crippen LogP contribution in [0.1, 0.15) is 31.5 Å². The van der Waals surface area contributed by atoms with E-state index in [1.54, 1.807) is 7.11 Å². The summed E-state index contributed by atoms with van der Waals surface area (Å²) < 4.78 is 13.0. The second-order valence-corrected chi connectivity index (χ2v) is 7.45. The fourth-order valence-electron chi connectivity index (χ4n) is 3.59. The lowest BCUT2D eigenvalue weighted by Gasteiger charge is -2.11. The zero-order valence-corrected chi connectivity index (χ0v) is 17.3. The van der Waals surface area contributed by atoms with Gasteiger partial charge < -0.3 is 19.4 Å². The zero-order valence-electron chi connectivity index (χ0n) is 17.3. The lowest BCUT2D eigenvalue weighted by molar-refractivity contribution is -0.116. The van der Waals surface area contributed by atoms with Crippen LogP contribution >= 0.6 is 0 Å². The molecule has 3 aromatic rings. The summed E-state index contributed by atoms with van der Waals surface area (Å²) >= 11 is 0. The Morgan fingerprint density at radius 1 is 1.07 bits per heavy atom. The van der Waals surface area contributed by atoms with Gasteiger partial charge in [-0.1, -0.05) is 12.1 Å². The van der Waals surface area contributed by atoms with Crippen molar-refractivity contribution in [1.82, 2.24) is 9.55 Å². The SMILES string of the molecule is COc1ccc(OCCCC(=O)Nc2ccc(-c3cn4c(n3)CCCC4)cc2)cc1. The first-order valence-corrected chi connectivity index (χ1v) is 10.4. The Morgan fingerprint density at radius 3 is 2.57 bits per heavy atom. The first-order chi connectivity index (χ1) is 14.7. The summed E-state index contributed by atoms with van der Waals surface area (Å²) in [5.41, 5.74) is 2.87. The summed E-state index contributed by atoms with van der Waals surface area (Å²) in [5.74, 6) is 2.72. The van der Waals surface area contributed by atoms with Gasteiger partial charge in [0.2, 0.25) is 5.91 Å². The van der Waals surface area contributed by atoms with Crippen molar-refractivity contribution < 1.29 is 14.3 Å². The highest BCUT2D eigenvalue weighted by molar-refractivity contribution is 5.90. The fraction of sp³-hybridized carbons (Fsp3) is 0.333. The van der Waals surface area contributed by atoms with Gasteiger partial charge in [-0.15, -0.1) is 0 Å². The number of methoxy groups -OCH3 is 1. The van der Waals surface area contributed by atoms with Crippen molar-refractivity contribution in [3.63, 3.8) is 0 Å². The molecule has 0 radical (unpaired) electrons. The van der Waals surface area contributed by atoms with E-state index in [0.29, 0.717) is 19.4 Å². The summed E-state index contributed by atoms with van der Waals surface area (Å²) in [6.45, 7) is 1.54. The number of nitrogens with one attached hydrogen (secondary N) is 1. The highest BCUT2D eigenvalue weighted by Crippen LogP contribution is 2.24. The van der Waals surface area contributed by atoms with Crippen LogP contribution in [0.5, 0.6) is 11.5 Å². The van der Waals surface area contributed by atoms with E-state index in [1.807, 2.05) is 48.5 Å². The topological polar surface area (TPSA) is 65.4 Å². The predicted molar refractivity (Wildman–Crippen MR) is 117 cm³/mol. The van der Waals surface area contributed by atoms with Crippen molar-refractivity contribution in [2.24, 2.45) is 0 Å². The van der Waals surface area contributed by atoms with Gasteiger partial charge in [-0.2, -0.15) is 0 Å². The van der Waals surface area contributed by atoms with Crippen LogP contribution in [0.4, 0.5) is 5.69 Å². The van der Waals surface area contributed by atoms with E-state index in [2.05, 4.69) is 16.1 Å². The smallest absolute Gasteiger partial charge is 0.224 e. The van der Waals surface area contributed by atoms with Crippen LogP contribution in [0.2, 0.25) is 0 Å². The standard InChI is InChI=1S/C24H27N3O3/c1-29-20-11-13-21(14-12-20)30-16-4-6-24(28)25-19-9-7-18(8-10-19)22-17-27-15-3-2-5-23(27)26-22/h7-14,17H,2-6,15-16H2,1H3,(H,25,28). The summed E-state index contributed by atoms with van der Waals surface area (Å²) in [7, 11) is 1.63. The number of rotatable bonds is 8. The van der Waals surface area contributed by atoms with Gasteiger partial charge in [-0.3, -0.25) is 4.79 Å². The Hall–Kier alpha value is -3.28. The third kappa shape index (κ3) is 5.00. The van der Waals surface area contributed by atoms with E-state index in [0.717, 1.165) is 41.4 Å². The van der Waals surface area contributed by atoms with Crippen LogP contribution in [-0.4, -0.2) is 29.2 Å². The van der Waals surface area contributed by atoms with Crippen molar-refractivity contribution in [1.29, 1.82) is 0 Å². The Labute approximate surface area is 176 Å². The molecule has 0 saturated carbocycles. The van der Waals surface area contributed by atoms with Crippen molar-refractivity contribution in [3.05, 3.63) is 60.6 Å². The van der Waals surface area contributed by atoms with Crippen LogP contribution < -0.4 is 14.8 Å². The number of ether oxygens (including phenoxy) is 2. The van der Waals surface area contributed by atoms with Gasteiger partial charge in [-0.05, 0) is 55.7 Å². The molecule has 156 valence electrons. The van der Waals surface area contributed by atoms with E-state index < -0.39 is 0 Å². The molecule has 1 N–H and O–H groups in total. The summed E-state index contributed by atoms with van der Waals surface area (Å²) in [5, 5.41) is 2.95. The fourth-order valence-corrected chi connectivity index (χ4v) is 3.59. The number of benzene rings is 2. The third-order valence-electron chi connectivity index (χ3n) is 5.25. The molecule has 2 heterocycles. The normalized spacial score (nSPS) is 12.8. The number of carbonyl (C=O) groups excluding carboxylic acids is 1. The summed E-state index contributed by atoms with van der Waals surface area (Å²) in [6.07, 6.45) is 6.68. The molecule has 0 bridgehead atoms. The molecule has 1 aromatic heterocycles. The molecule has 6 nitrogen and oxygen atoms in total. The average Bonchev–Trinajstić information content (AvgIpc) is 3.22. The first-order valence-electron chi connectivity index (χ1n) is 10.4. The second-order valence-electron chi connectivity index (χ2n) is 7.45. The molecule has 0 fully saturated rings. The number of carbonyl (C=O) groups is 1. The Kier molecular flexibility index (Phi) is 6.32. The van der Waals surface area contributed by atoms with Gasteiger partial charge in [0.05, 0.1) is 19.4 Å². The minimum absolute atomic E-state index is 0.0152. The molecule has 0 atom stereocenters. The van der Waals surface area contributed by atoms with Gasteiger partial charge in [0, 0.05) is 36.8 Å². The van der Waals surface area contributed by atoms with Gasteiger partial charge >= 0.3 is 0 Å². The number of amides is 1. The minimum Gasteiger partial charge on any atom is -0.497 e. The quantitative estimate of drug-likeness (QED) is 0.552. The zero-order chi connectivity index (χ0) is 20.8. The second kappa shape index (κ2) is 9.48. The van der Waals surface area contributed by atoms with E-state index in [1.165, 1.54) is 18.7 Å². The van der Waals surface area contributed by atoms with Crippen molar-refractivity contribution >= 4 is 11.6 Å². The van der Waals surface area contributed by atoms with Gasteiger partial charge in [-0.25, -0.2) is 4.98 Å². The molecule has 1 aliphatic rings. The number of hydrogen-bond donors (Lipinski definition) is 1. The molecular formula is C24H27N3O3. The average molecular weight is 405 g/mol. The summed E-state index contributed by atoms with van der Waals surface area (Å²) in [4.78, 5) is 16.9. The van der Waals surface area contributed by atoms with E-state index >= 15 is 0 Å². The maximum absolute atomic E-state index is 12.2. The molecule has 0 unspecified atom stereocenters. The molecule has 4 rings (SSSR count). The maximum Gasteiger partial charge on any atom is 0.224 e. The van der Waals surface area contributed by atoms with E-state index in [-0.39, 0.29) is 5.91 Å². The highest BCUT2D eigenvalue weighted by Gasteiger charge is 2.13. The van der Waals surface area contributed by atoms with Crippen LogP contribution in [0, 0.1) is 0 Å². The first kappa shape index (κ1) is 20.0. The lowest BCUT2D eigenvalue weighted by Crippen LogP contribution is -2.12. The molecule has 2 aromatic carbocycles. The number of nitrogens with zero attached hydrogens (tertiary/aromatic N) is 2. The molecule has 1 amide bonds. The Balaban J connectivity index is 1.23. The van der Waals surface area contributed by atoms with E-state index in [9.17, 15) is 4.79 Å². The van der Waals surface area contributed by atoms with Crippen molar-refractivity contribution in [2.45, 2.75) is 38.6 Å². The van der Waals surface area contributed by atoms with Crippen molar-refractivity contribution in [2.75, 3.05) is 19.0 Å². The molecule has 1 aliphatic heterocycles. The molecule has 30 heavy (non-hydrogen) atoms. The molecule has 6 heteroatoms. The highest BCUT2D eigenvalue weighted by atomic mass is 16.5.